The Morgan fingerprint density at radius 1 is 0.955 bits per heavy atom. The number of hydrogen-bond donors (Lipinski definition) is 3. The van der Waals surface area contributed by atoms with E-state index < -0.39 is 22.2 Å². The molecule has 11 nitrogen and oxygen atoms in total. The summed E-state index contributed by atoms with van der Waals surface area (Å²) in [4.78, 5) is 29.6. The molecule has 0 radical (unpaired) electrons. The monoisotopic (exact) mass is 629 g/mol. The Labute approximate surface area is 261 Å². The van der Waals surface area contributed by atoms with Crippen LogP contribution in [0.1, 0.15) is 94.0 Å². The number of piperazine rings is 1. The van der Waals surface area contributed by atoms with Gasteiger partial charge in [0.15, 0.2) is 0 Å². The van der Waals surface area contributed by atoms with Crippen LogP contribution >= 0.6 is 0 Å². The first-order valence-corrected chi connectivity index (χ1v) is 16.7. The van der Waals surface area contributed by atoms with Crippen LogP contribution < -0.4 is 10.3 Å². The van der Waals surface area contributed by atoms with Crippen LogP contribution in [0.5, 0.6) is 0 Å². The van der Waals surface area contributed by atoms with Crippen LogP contribution in [0.15, 0.2) is 46.4 Å². The molecule has 1 atom stereocenters. The average Bonchev–Trinajstić information content (AvgIpc) is 2.98. The molecule has 1 heterocycles. The van der Waals surface area contributed by atoms with Crippen molar-refractivity contribution in [3.8, 4) is 0 Å². The molecule has 2 aromatic rings. The van der Waals surface area contributed by atoms with Crippen molar-refractivity contribution >= 4 is 28.2 Å². The highest BCUT2D eigenvalue weighted by Gasteiger charge is 2.35. The Hall–Kier alpha value is -3.48. The van der Waals surface area contributed by atoms with E-state index in [0.717, 1.165) is 16.7 Å². The highest BCUT2D eigenvalue weighted by molar-refractivity contribution is 7.89. The van der Waals surface area contributed by atoms with Crippen LogP contribution in [-0.4, -0.2) is 80.5 Å². The number of rotatable bonds is 12. The van der Waals surface area contributed by atoms with E-state index in [1.807, 2.05) is 45.9 Å². The third-order valence-corrected chi connectivity index (χ3v) is 9.33. The third kappa shape index (κ3) is 8.80. The molecule has 0 aromatic heterocycles. The Balaban J connectivity index is 2.03. The maximum Gasteiger partial charge on any atom is 0.409 e. The lowest BCUT2D eigenvalue weighted by atomic mass is 9.89. The summed E-state index contributed by atoms with van der Waals surface area (Å²) >= 11 is 0. The minimum atomic E-state index is -4.16. The van der Waals surface area contributed by atoms with Crippen LogP contribution in [0.25, 0.3) is 0 Å². The molecule has 1 aliphatic heterocycles. The normalized spacial score (nSPS) is 15.0. The summed E-state index contributed by atoms with van der Waals surface area (Å²) in [6.45, 7) is 15.1. The minimum Gasteiger partial charge on any atom is -0.450 e. The Bertz CT molecular complexity index is 1400. The summed E-state index contributed by atoms with van der Waals surface area (Å²) in [5.74, 6) is -0.295. The second-order valence-electron chi connectivity index (χ2n) is 12.0. The van der Waals surface area contributed by atoms with Gasteiger partial charge in [0, 0.05) is 26.2 Å². The van der Waals surface area contributed by atoms with E-state index in [1.54, 1.807) is 40.5 Å². The summed E-state index contributed by atoms with van der Waals surface area (Å²) in [5.41, 5.74) is 5.60. The maximum atomic E-state index is 14.4. The Kier molecular flexibility index (Phi) is 12.3. The average molecular weight is 630 g/mol. The Morgan fingerprint density at radius 2 is 1.55 bits per heavy atom. The molecule has 2 aromatic carbocycles. The first kappa shape index (κ1) is 35.0. The quantitative estimate of drug-likeness (QED) is 0.231. The summed E-state index contributed by atoms with van der Waals surface area (Å²) in [7, 11) is -4.16. The maximum absolute atomic E-state index is 14.4. The zero-order valence-electron chi connectivity index (χ0n) is 26.8. The Morgan fingerprint density at radius 3 is 2.07 bits per heavy atom. The number of nitrogens with one attached hydrogen (secondary N) is 2. The van der Waals surface area contributed by atoms with Gasteiger partial charge >= 0.3 is 6.09 Å². The largest absolute Gasteiger partial charge is 0.450 e. The van der Waals surface area contributed by atoms with Gasteiger partial charge in [-0.2, -0.15) is 15.4 Å². The van der Waals surface area contributed by atoms with E-state index in [4.69, 9.17) is 9.94 Å². The molecule has 44 heavy (non-hydrogen) atoms. The van der Waals surface area contributed by atoms with Crippen molar-refractivity contribution in [3.05, 3.63) is 64.2 Å². The van der Waals surface area contributed by atoms with Crippen LogP contribution in [0.2, 0.25) is 0 Å². The van der Waals surface area contributed by atoms with E-state index in [9.17, 15) is 18.0 Å². The SMILES string of the molecule is CCOC(=O)N1CCN(C(=O)C(Cc2cccc(/C=N\NO)c2)NS(=O)(=O)c2c(C(C)C)cc(C(C)C)cc2C(C)C)CC1. The third-order valence-electron chi connectivity index (χ3n) is 7.72. The van der Waals surface area contributed by atoms with Gasteiger partial charge in [-0.3, -0.25) is 10.0 Å². The summed E-state index contributed by atoms with van der Waals surface area (Å²) in [6.07, 6.45) is 1.07. The van der Waals surface area contributed by atoms with E-state index in [0.29, 0.717) is 11.1 Å². The minimum absolute atomic E-state index is 0.0704. The number of ether oxygens (including phenoxy) is 1. The van der Waals surface area contributed by atoms with Gasteiger partial charge in [0.1, 0.15) is 6.04 Å². The van der Waals surface area contributed by atoms with Gasteiger partial charge in [0.25, 0.3) is 0 Å². The number of nitrogens with zero attached hydrogens (tertiary/aromatic N) is 3. The molecule has 1 fully saturated rings. The molecule has 0 aliphatic carbocycles. The molecule has 242 valence electrons. The van der Waals surface area contributed by atoms with Crippen molar-refractivity contribution in [1.82, 2.24) is 20.1 Å². The lowest BCUT2D eigenvalue weighted by Crippen LogP contribution is -2.56. The zero-order valence-corrected chi connectivity index (χ0v) is 27.6. The number of sulfonamides is 1. The first-order valence-electron chi connectivity index (χ1n) is 15.2. The van der Waals surface area contributed by atoms with Gasteiger partial charge in [-0.15, -0.1) is 0 Å². The lowest BCUT2D eigenvalue weighted by Gasteiger charge is -2.36. The van der Waals surface area contributed by atoms with Crippen molar-refractivity contribution in [2.24, 2.45) is 5.10 Å². The molecule has 3 N–H and O–H groups in total. The van der Waals surface area contributed by atoms with Gasteiger partial charge in [-0.05, 0) is 58.9 Å². The van der Waals surface area contributed by atoms with Gasteiger partial charge in [0.05, 0.1) is 17.7 Å². The van der Waals surface area contributed by atoms with Crippen LogP contribution in [0.3, 0.4) is 0 Å². The molecule has 1 aliphatic rings. The summed E-state index contributed by atoms with van der Waals surface area (Å²) in [6, 6.07) is 9.99. The number of hydrogen-bond acceptors (Lipinski definition) is 8. The molecule has 0 bridgehead atoms. The molecule has 0 saturated carbocycles. The number of benzene rings is 2. The summed E-state index contributed by atoms with van der Waals surface area (Å²) in [5, 5.41) is 12.5. The zero-order chi connectivity index (χ0) is 32.6. The molecule has 0 spiro atoms. The number of amides is 2. The van der Waals surface area contributed by atoms with Crippen molar-refractivity contribution in [2.45, 2.75) is 83.6 Å². The van der Waals surface area contributed by atoms with Crippen molar-refractivity contribution in [1.29, 1.82) is 0 Å². The van der Waals surface area contributed by atoms with E-state index in [1.165, 1.54) is 6.21 Å². The van der Waals surface area contributed by atoms with Crippen LogP contribution in [0, 0.1) is 0 Å². The van der Waals surface area contributed by atoms with Gasteiger partial charge in [0.2, 0.25) is 15.9 Å². The second kappa shape index (κ2) is 15.5. The molecule has 2 amide bonds. The van der Waals surface area contributed by atoms with Crippen LogP contribution in [-0.2, 0) is 26.0 Å². The molecule has 1 saturated heterocycles. The van der Waals surface area contributed by atoms with Crippen molar-refractivity contribution in [3.63, 3.8) is 0 Å². The highest BCUT2D eigenvalue weighted by Crippen LogP contribution is 2.35. The number of carbonyl (C=O) groups excluding carboxylic acids is 2. The van der Waals surface area contributed by atoms with Crippen LogP contribution in [0.4, 0.5) is 4.79 Å². The fraction of sp³-hybridized carbons (Fsp3) is 0.531. The molecule has 1 unspecified atom stereocenters. The second-order valence-corrected chi connectivity index (χ2v) is 13.6. The van der Waals surface area contributed by atoms with Gasteiger partial charge < -0.3 is 14.5 Å². The topological polar surface area (TPSA) is 141 Å². The first-order chi connectivity index (χ1) is 20.8. The predicted molar refractivity (Wildman–Crippen MR) is 171 cm³/mol. The van der Waals surface area contributed by atoms with E-state index >= 15 is 0 Å². The summed E-state index contributed by atoms with van der Waals surface area (Å²) < 4.78 is 36.6. The highest BCUT2D eigenvalue weighted by atomic mass is 32.2. The lowest BCUT2D eigenvalue weighted by molar-refractivity contribution is -0.134. The molecular formula is C32H47N5O6S. The smallest absolute Gasteiger partial charge is 0.409 e. The molecule has 12 heteroatoms. The van der Waals surface area contributed by atoms with E-state index in [-0.39, 0.29) is 67.8 Å². The molecular weight excluding hydrogens is 582 g/mol. The predicted octanol–water partition coefficient (Wildman–Crippen LogP) is 4.56. The standard InChI is InChI=1S/C32H47N5O6S/c1-8-43-32(39)37-14-12-36(13-15-37)31(38)29(17-24-10-9-11-25(16-24)20-33-35-40)34-44(41,42)30-27(22(4)5)18-26(21(2)3)19-28(30)23(6)7/h9-11,16,18-23,29,34-35,40H,8,12-15,17H2,1-7H3/b33-20-. The number of hydrazone groups is 1. The van der Waals surface area contributed by atoms with E-state index in [2.05, 4.69) is 23.7 Å². The van der Waals surface area contributed by atoms with Crippen molar-refractivity contribution < 1.29 is 28.0 Å². The van der Waals surface area contributed by atoms with Gasteiger partial charge in [-0.1, -0.05) is 77.9 Å². The van der Waals surface area contributed by atoms with Gasteiger partial charge in [-0.25, -0.2) is 13.2 Å². The van der Waals surface area contributed by atoms with Crippen molar-refractivity contribution in [2.75, 3.05) is 32.8 Å². The molecule has 3 rings (SSSR count). The fourth-order valence-corrected chi connectivity index (χ4v) is 7.20. The fourth-order valence-electron chi connectivity index (χ4n) is 5.31. The number of carbonyl (C=O) groups is 2.